The van der Waals surface area contributed by atoms with E-state index in [0.717, 1.165) is 6.42 Å². The summed E-state index contributed by atoms with van der Waals surface area (Å²) in [6.45, 7) is 4.79. The van der Waals surface area contributed by atoms with E-state index in [-0.39, 0.29) is 5.91 Å². The van der Waals surface area contributed by atoms with Crippen molar-refractivity contribution in [2.45, 2.75) is 20.3 Å². The molecule has 0 spiro atoms. The summed E-state index contributed by atoms with van der Waals surface area (Å²) >= 11 is 0. The second kappa shape index (κ2) is 6.79. The highest BCUT2D eigenvalue weighted by atomic mass is 16.5. The van der Waals surface area contributed by atoms with Gasteiger partial charge in [0.2, 0.25) is 0 Å². The third kappa shape index (κ3) is 3.87. The Hall–Kier alpha value is -1.84. The number of methoxy groups -OCH3 is 1. The molecule has 1 aromatic carbocycles. The van der Waals surface area contributed by atoms with E-state index in [9.17, 15) is 9.59 Å². The van der Waals surface area contributed by atoms with Crippen LogP contribution in [0.4, 0.5) is 0 Å². The van der Waals surface area contributed by atoms with Crippen LogP contribution in [0.5, 0.6) is 0 Å². The lowest BCUT2D eigenvalue weighted by Crippen LogP contribution is -2.27. The molecule has 0 unspecified atom stereocenters. The van der Waals surface area contributed by atoms with Crippen LogP contribution in [0.2, 0.25) is 0 Å². The molecular formula is C14H19NO3. The molecule has 0 saturated carbocycles. The fourth-order valence-corrected chi connectivity index (χ4v) is 1.54. The number of hydrogen-bond acceptors (Lipinski definition) is 3. The molecule has 4 nitrogen and oxygen atoms in total. The lowest BCUT2D eigenvalue weighted by Gasteiger charge is -2.09. The van der Waals surface area contributed by atoms with Crippen molar-refractivity contribution in [3.63, 3.8) is 0 Å². The predicted molar refractivity (Wildman–Crippen MR) is 69.6 cm³/mol. The van der Waals surface area contributed by atoms with Crippen LogP contribution in [0.15, 0.2) is 24.3 Å². The second-order valence-electron chi connectivity index (χ2n) is 4.48. The van der Waals surface area contributed by atoms with E-state index in [4.69, 9.17) is 0 Å². The molecular weight excluding hydrogens is 230 g/mol. The third-order valence-electron chi connectivity index (χ3n) is 2.58. The molecule has 0 fully saturated rings. The van der Waals surface area contributed by atoms with Crippen LogP contribution in [0.3, 0.4) is 0 Å². The first kappa shape index (κ1) is 14.2. The van der Waals surface area contributed by atoms with Gasteiger partial charge in [-0.25, -0.2) is 4.79 Å². The van der Waals surface area contributed by atoms with Crippen molar-refractivity contribution in [2.24, 2.45) is 5.92 Å². The number of carbonyl (C=O) groups is 2. The van der Waals surface area contributed by atoms with Gasteiger partial charge in [0.15, 0.2) is 0 Å². The molecule has 0 heterocycles. The van der Waals surface area contributed by atoms with Gasteiger partial charge < -0.3 is 10.1 Å². The molecule has 0 bridgehead atoms. The van der Waals surface area contributed by atoms with Gasteiger partial charge in [0.25, 0.3) is 5.91 Å². The van der Waals surface area contributed by atoms with E-state index >= 15 is 0 Å². The summed E-state index contributed by atoms with van der Waals surface area (Å²) in [5.41, 5.74) is 0.648. The molecule has 1 aromatic rings. The number of amides is 1. The number of carbonyl (C=O) groups excluding carboxylic acids is 2. The largest absolute Gasteiger partial charge is 0.465 e. The number of benzene rings is 1. The van der Waals surface area contributed by atoms with Crippen molar-refractivity contribution in [1.29, 1.82) is 0 Å². The van der Waals surface area contributed by atoms with Crippen molar-refractivity contribution >= 4 is 11.9 Å². The Morgan fingerprint density at radius 1 is 1.22 bits per heavy atom. The molecule has 0 aliphatic heterocycles. The number of rotatable bonds is 5. The topological polar surface area (TPSA) is 55.4 Å². The van der Waals surface area contributed by atoms with E-state index in [1.165, 1.54) is 7.11 Å². The van der Waals surface area contributed by atoms with Crippen LogP contribution in [-0.2, 0) is 4.74 Å². The quantitative estimate of drug-likeness (QED) is 0.814. The lowest BCUT2D eigenvalue weighted by molar-refractivity contribution is 0.0596. The smallest absolute Gasteiger partial charge is 0.338 e. The molecule has 0 atom stereocenters. The van der Waals surface area contributed by atoms with Crippen molar-refractivity contribution in [1.82, 2.24) is 5.32 Å². The molecule has 1 amide bonds. The number of esters is 1. The molecule has 1 rings (SSSR count). The highest BCUT2D eigenvalue weighted by Crippen LogP contribution is 2.10. The number of hydrogen-bond donors (Lipinski definition) is 1. The Morgan fingerprint density at radius 2 is 1.83 bits per heavy atom. The lowest BCUT2D eigenvalue weighted by atomic mass is 10.1. The summed E-state index contributed by atoms with van der Waals surface area (Å²) < 4.78 is 4.65. The minimum absolute atomic E-state index is 0.239. The van der Waals surface area contributed by atoms with Crippen LogP contribution in [0.25, 0.3) is 0 Å². The average molecular weight is 249 g/mol. The third-order valence-corrected chi connectivity index (χ3v) is 2.58. The standard InChI is InChI=1S/C14H19NO3/c1-10(2)8-9-15-13(16)11-6-4-5-7-12(11)14(17)18-3/h4-7,10H,8-9H2,1-3H3,(H,15,16). The zero-order valence-electron chi connectivity index (χ0n) is 11.0. The van der Waals surface area contributed by atoms with Crippen LogP contribution in [0.1, 0.15) is 41.0 Å². The van der Waals surface area contributed by atoms with E-state index < -0.39 is 5.97 Å². The minimum atomic E-state index is -0.496. The predicted octanol–water partition coefficient (Wildman–Crippen LogP) is 2.25. The van der Waals surface area contributed by atoms with Gasteiger partial charge in [-0.05, 0) is 24.5 Å². The first-order valence-corrected chi connectivity index (χ1v) is 6.01. The zero-order valence-corrected chi connectivity index (χ0v) is 11.0. The fourth-order valence-electron chi connectivity index (χ4n) is 1.54. The first-order chi connectivity index (χ1) is 8.56. The zero-order chi connectivity index (χ0) is 13.5. The molecule has 18 heavy (non-hydrogen) atoms. The molecule has 1 N–H and O–H groups in total. The molecule has 0 radical (unpaired) electrons. The van der Waals surface area contributed by atoms with Gasteiger partial charge in [-0.3, -0.25) is 4.79 Å². The minimum Gasteiger partial charge on any atom is -0.465 e. The fraction of sp³-hybridized carbons (Fsp3) is 0.429. The Bertz CT molecular complexity index is 427. The van der Waals surface area contributed by atoms with Crippen LogP contribution in [0, 0.1) is 5.92 Å². The van der Waals surface area contributed by atoms with Crippen molar-refractivity contribution in [3.8, 4) is 0 Å². The maximum atomic E-state index is 11.9. The Kier molecular flexibility index (Phi) is 5.36. The average Bonchev–Trinajstić information content (AvgIpc) is 2.37. The van der Waals surface area contributed by atoms with Crippen molar-refractivity contribution in [2.75, 3.05) is 13.7 Å². The number of ether oxygens (including phenoxy) is 1. The Morgan fingerprint density at radius 3 is 2.39 bits per heavy atom. The monoisotopic (exact) mass is 249 g/mol. The molecule has 4 heteroatoms. The molecule has 0 saturated heterocycles. The summed E-state index contributed by atoms with van der Waals surface area (Å²) in [5, 5.41) is 2.80. The van der Waals surface area contributed by atoms with Crippen molar-refractivity contribution in [3.05, 3.63) is 35.4 Å². The summed E-state index contributed by atoms with van der Waals surface area (Å²) in [4.78, 5) is 23.5. The second-order valence-corrected chi connectivity index (χ2v) is 4.48. The summed E-state index contributed by atoms with van der Waals surface area (Å²) in [6, 6.07) is 6.64. The Labute approximate surface area is 107 Å². The maximum Gasteiger partial charge on any atom is 0.338 e. The van der Waals surface area contributed by atoms with E-state index in [1.807, 2.05) is 0 Å². The van der Waals surface area contributed by atoms with Crippen LogP contribution < -0.4 is 5.32 Å². The van der Waals surface area contributed by atoms with Crippen molar-refractivity contribution < 1.29 is 14.3 Å². The van der Waals surface area contributed by atoms with Gasteiger partial charge >= 0.3 is 5.97 Å². The molecule has 0 aliphatic rings. The molecule has 98 valence electrons. The molecule has 0 aliphatic carbocycles. The van der Waals surface area contributed by atoms with Gasteiger partial charge in [-0.2, -0.15) is 0 Å². The van der Waals surface area contributed by atoms with E-state index in [1.54, 1.807) is 24.3 Å². The van der Waals surface area contributed by atoms with Gasteiger partial charge in [0, 0.05) is 6.54 Å². The van der Waals surface area contributed by atoms with Gasteiger partial charge in [-0.15, -0.1) is 0 Å². The SMILES string of the molecule is COC(=O)c1ccccc1C(=O)NCCC(C)C. The summed E-state index contributed by atoms with van der Waals surface area (Å²) in [6.07, 6.45) is 0.909. The van der Waals surface area contributed by atoms with Crippen LogP contribution >= 0.6 is 0 Å². The number of nitrogens with one attached hydrogen (secondary N) is 1. The van der Waals surface area contributed by atoms with E-state index in [0.29, 0.717) is 23.6 Å². The van der Waals surface area contributed by atoms with Gasteiger partial charge in [0.05, 0.1) is 18.2 Å². The summed E-state index contributed by atoms with van der Waals surface area (Å²) in [5.74, 6) is -0.206. The molecule has 0 aromatic heterocycles. The van der Waals surface area contributed by atoms with Gasteiger partial charge in [-0.1, -0.05) is 26.0 Å². The first-order valence-electron chi connectivity index (χ1n) is 6.01. The van der Waals surface area contributed by atoms with Gasteiger partial charge in [0.1, 0.15) is 0 Å². The van der Waals surface area contributed by atoms with E-state index in [2.05, 4.69) is 23.9 Å². The summed E-state index contributed by atoms with van der Waals surface area (Å²) in [7, 11) is 1.30. The normalized spacial score (nSPS) is 10.2. The highest BCUT2D eigenvalue weighted by molar-refractivity contribution is 6.05. The maximum absolute atomic E-state index is 11.9. The highest BCUT2D eigenvalue weighted by Gasteiger charge is 2.16. The van der Waals surface area contributed by atoms with Crippen LogP contribution in [-0.4, -0.2) is 25.5 Å². The Balaban J connectivity index is 2.76.